The van der Waals surface area contributed by atoms with Gasteiger partial charge in [0, 0.05) is 4.47 Å². The lowest BCUT2D eigenvalue weighted by molar-refractivity contribution is 0.141. The van der Waals surface area contributed by atoms with E-state index in [0.29, 0.717) is 13.0 Å². The molecule has 0 aliphatic heterocycles. The number of benzene rings is 1. The van der Waals surface area contributed by atoms with Gasteiger partial charge in [0.25, 0.3) is 0 Å². The van der Waals surface area contributed by atoms with Crippen LogP contribution in [-0.2, 0) is 11.3 Å². The van der Waals surface area contributed by atoms with Crippen molar-refractivity contribution in [2.45, 2.75) is 6.42 Å². The molecule has 3 nitrogen and oxygen atoms in total. The zero-order valence-electron chi connectivity index (χ0n) is 6.46. The van der Waals surface area contributed by atoms with Crippen LogP contribution in [0.4, 0.5) is 0 Å². The summed E-state index contributed by atoms with van der Waals surface area (Å²) in [5.74, 6) is 5.14. The van der Waals surface area contributed by atoms with Crippen molar-refractivity contribution in [2.75, 3.05) is 6.61 Å². The molecule has 1 rings (SSSR count). The fraction of sp³-hybridized carbons (Fsp3) is 0.250. The minimum atomic E-state index is 0.255. The molecule has 0 aliphatic carbocycles. The highest BCUT2D eigenvalue weighted by atomic mass is 79.9. The first kappa shape index (κ1) is 9.51. The van der Waals surface area contributed by atoms with E-state index in [0.717, 1.165) is 10.0 Å². The largest absolute Gasteiger partial charge is 0.508 e. The lowest BCUT2D eigenvalue weighted by Gasteiger charge is -2.03. The van der Waals surface area contributed by atoms with Crippen LogP contribution >= 0.6 is 15.9 Å². The summed E-state index contributed by atoms with van der Waals surface area (Å²) in [5.41, 5.74) is 0.987. The van der Waals surface area contributed by atoms with Crippen LogP contribution in [0.25, 0.3) is 0 Å². The first-order chi connectivity index (χ1) is 5.74. The van der Waals surface area contributed by atoms with Crippen LogP contribution in [0.5, 0.6) is 5.75 Å². The van der Waals surface area contributed by atoms with Crippen molar-refractivity contribution in [3.05, 3.63) is 28.2 Å². The van der Waals surface area contributed by atoms with Crippen molar-refractivity contribution in [3.63, 3.8) is 0 Å². The summed E-state index contributed by atoms with van der Waals surface area (Å²) in [5, 5.41) is 9.14. The monoisotopic (exact) mass is 231 g/mol. The van der Waals surface area contributed by atoms with Gasteiger partial charge in [-0.2, -0.15) is 0 Å². The van der Waals surface area contributed by atoms with Crippen molar-refractivity contribution < 1.29 is 9.94 Å². The fourth-order valence-electron chi connectivity index (χ4n) is 0.922. The van der Waals surface area contributed by atoms with Crippen LogP contribution in [-0.4, -0.2) is 11.7 Å². The van der Waals surface area contributed by atoms with Gasteiger partial charge in [-0.1, -0.05) is 15.9 Å². The Morgan fingerprint density at radius 1 is 1.50 bits per heavy atom. The van der Waals surface area contributed by atoms with E-state index in [4.69, 9.17) is 11.0 Å². The Hall–Kier alpha value is -0.580. The third-order valence-electron chi connectivity index (χ3n) is 1.52. The maximum atomic E-state index is 9.14. The Bertz CT molecular complexity index is 265. The highest BCUT2D eigenvalue weighted by molar-refractivity contribution is 9.10. The summed E-state index contributed by atoms with van der Waals surface area (Å²) in [6.45, 7) is 0.446. The Morgan fingerprint density at radius 2 is 2.25 bits per heavy atom. The summed E-state index contributed by atoms with van der Waals surface area (Å²) in [6, 6.07) is 5.10. The molecule has 1 aromatic carbocycles. The highest BCUT2D eigenvalue weighted by Crippen LogP contribution is 2.21. The first-order valence-electron chi connectivity index (χ1n) is 3.53. The molecule has 0 spiro atoms. The molecule has 0 fully saturated rings. The van der Waals surface area contributed by atoms with Crippen molar-refractivity contribution >= 4 is 15.9 Å². The van der Waals surface area contributed by atoms with Crippen molar-refractivity contribution in [3.8, 4) is 5.75 Å². The predicted molar refractivity (Wildman–Crippen MR) is 49.7 cm³/mol. The van der Waals surface area contributed by atoms with Crippen LogP contribution in [0.3, 0.4) is 0 Å². The van der Waals surface area contributed by atoms with Crippen LogP contribution in [0.1, 0.15) is 5.56 Å². The molecule has 1 aromatic rings. The zero-order valence-corrected chi connectivity index (χ0v) is 8.04. The maximum absolute atomic E-state index is 9.14. The van der Waals surface area contributed by atoms with E-state index in [9.17, 15) is 0 Å². The van der Waals surface area contributed by atoms with Gasteiger partial charge >= 0.3 is 0 Å². The average Bonchev–Trinajstić information content (AvgIpc) is 2.07. The van der Waals surface area contributed by atoms with Crippen LogP contribution in [0.15, 0.2) is 22.7 Å². The molecule has 0 amide bonds. The van der Waals surface area contributed by atoms with E-state index in [1.54, 1.807) is 18.2 Å². The molecule has 0 heterocycles. The predicted octanol–water partition coefficient (Wildman–Crippen LogP) is 1.59. The molecule has 0 saturated heterocycles. The SMILES string of the molecule is NOCCc1cc(O)ccc1Br. The topological polar surface area (TPSA) is 55.5 Å². The average molecular weight is 232 g/mol. The molecule has 0 saturated carbocycles. The third kappa shape index (κ3) is 2.48. The van der Waals surface area contributed by atoms with Crippen molar-refractivity contribution in [1.82, 2.24) is 0 Å². The standard InChI is InChI=1S/C8H10BrNO2/c9-8-2-1-7(11)5-6(8)3-4-12-10/h1-2,5,11H,3-4,10H2. The lowest BCUT2D eigenvalue weighted by atomic mass is 10.1. The minimum Gasteiger partial charge on any atom is -0.508 e. The van der Waals surface area contributed by atoms with Gasteiger partial charge in [0.2, 0.25) is 0 Å². The van der Waals surface area contributed by atoms with Gasteiger partial charge in [0.05, 0.1) is 6.61 Å². The maximum Gasteiger partial charge on any atom is 0.115 e. The van der Waals surface area contributed by atoms with E-state index in [1.165, 1.54) is 0 Å². The summed E-state index contributed by atoms with van der Waals surface area (Å²) >= 11 is 3.35. The van der Waals surface area contributed by atoms with Crippen LogP contribution in [0.2, 0.25) is 0 Å². The molecule has 0 aromatic heterocycles. The van der Waals surface area contributed by atoms with Crippen molar-refractivity contribution in [1.29, 1.82) is 0 Å². The molecule has 0 unspecified atom stereocenters. The molecule has 0 bridgehead atoms. The Balaban J connectivity index is 2.75. The number of halogens is 1. The fourth-order valence-corrected chi connectivity index (χ4v) is 1.37. The van der Waals surface area contributed by atoms with Gasteiger partial charge in [-0.05, 0) is 30.2 Å². The normalized spacial score (nSPS) is 10.2. The van der Waals surface area contributed by atoms with Crippen molar-refractivity contribution in [2.24, 2.45) is 5.90 Å². The molecule has 0 aliphatic rings. The van der Waals surface area contributed by atoms with E-state index >= 15 is 0 Å². The lowest BCUT2D eigenvalue weighted by Crippen LogP contribution is -2.03. The zero-order chi connectivity index (χ0) is 8.97. The first-order valence-corrected chi connectivity index (χ1v) is 4.32. The molecule has 4 heteroatoms. The molecular weight excluding hydrogens is 222 g/mol. The Morgan fingerprint density at radius 3 is 2.92 bits per heavy atom. The minimum absolute atomic E-state index is 0.255. The number of nitrogens with two attached hydrogens (primary N) is 1. The highest BCUT2D eigenvalue weighted by Gasteiger charge is 2.00. The molecule has 0 atom stereocenters. The summed E-state index contributed by atoms with van der Waals surface area (Å²) in [4.78, 5) is 4.44. The Kier molecular flexibility index (Phi) is 3.52. The second-order valence-electron chi connectivity index (χ2n) is 2.40. The second-order valence-corrected chi connectivity index (χ2v) is 3.25. The van der Waals surface area contributed by atoms with Gasteiger partial charge < -0.3 is 9.94 Å². The van der Waals surface area contributed by atoms with E-state index in [-0.39, 0.29) is 5.75 Å². The van der Waals surface area contributed by atoms with Gasteiger partial charge in [0.15, 0.2) is 0 Å². The van der Waals surface area contributed by atoms with E-state index < -0.39 is 0 Å². The summed E-state index contributed by atoms with van der Waals surface area (Å²) in [6.07, 6.45) is 0.686. The molecule has 12 heavy (non-hydrogen) atoms. The number of aromatic hydroxyl groups is 1. The van der Waals surface area contributed by atoms with Gasteiger partial charge in [-0.3, -0.25) is 0 Å². The molecular formula is C8H10BrNO2. The Labute approximate surface area is 79.2 Å². The number of phenolic OH excluding ortho intramolecular Hbond substituents is 1. The second kappa shape index (κ2) is 4.45. The van der Waals surface area contributed by atoms with Gasteiger partial charge in [-0.15, -0.1) is 0 Å². The number of hydrogen-bond donors (Lipinski definition) is 2. The quantitative estimate of drug-likeness (QED) is 0.778. The van der Waals surface area contributed by atoms with E-state index in [1.807, 2.05) is 0 Å². The van der Waals surface area contributed by atoms with Crippen LogP contribution in [0, 0.1) is 0 Å². The number of phenols is 1. The van der Waals surface area contributed by atoms with Gasteiger partial charge in [-0.25, -0.2) is 5.90 Å². The number of hydrogen-bond acceptors (Lipinski definition) is 3. The third-order valence-corrected chi connectivity index (χ3v) is 2.29. The summed E-state index contributed by atoms with van der Waals surface area (Å²) in [7, 11) is 0. The molecule has 3 N–H and O–H groups in total. The van der Waals surface area contributed by atoms with Crippen LogP contribution < -0.4 is 5.90 Å². The molecule has 0 radical (unpaired) electrons. The molecule has 66 valence electrons. The van der Waals surface area contributed by atoms with E-state index in [2.05, 4.69) is 20.8 Å². The number of rotatable bonds is 3. The van der Waals surface area contributed by atoms with Gasteiger partial charge in [0.1, 0.15) is 5.75 Å². The summed E-state index contributed by atoms with van der Waals surface area (Å²) < 4.78 is 0.956. The smallest absolute Gasteiger partial charge is 0.115 e.